The number of carbonyl (C=O) groups is 4. The van der Waals surface area contributed by atoms with E-state index in [0.29, 0.717) is 6.42 Å². The molecule has 3 atom stereocenters. The van der Waals surface area contributed by atoms with Crippen LogP contribution in [0, 0.1) is 5.92 Å². The highest BCUT2D eigenvalue weighted by Gasteiger charge is 2.44. The van der Waals surface area contributed by atoms with E-state index in [4.69, 9.17) is 9.47 Å². The molecule has 0 unspecified atom stereocenters. The molecule has 1 saturated heterocycles. The Balaban J connectivity index is 2.34. The Morgan fingerprint density at radius 2 is 1.92 bits per heavy atom. The number of ether oxygens (including phenoxy) is 2. The number of fused-ring (bicyclic) bond motifs is 2. The van der Waals surface area contributed by atoms with Crippen LogP contribution in [-0.4, -0.2) is 42.1 Å². The number of allylic oxidation sites excluding steroid dienone is 2. The quantitative estimate of drug-likeness (QED) is 0.554. The predicted octanol–water partition coefficient (Wildman–Crippen LogP) is 2.50. The fraction of sp³-hybridized carbons (Fsp3) is 0.600. The molecule has 6 nitrogen and oxygen atoms in total. The summed E-state index contributed by atoms with van der Waals surface area (Å²) >= 11 is 0. The van der Waals surface area contributed by atoms with Gasteiger partial charge >= 0.3 is 5.97 Å². The topological polar surface area (TPSA) is 86.7 Å². The van der Waals surface area contributed by atoms with Crippen molar-refractivity contribution in [1.82, 2.24) is 0 Å². The molecule has 0 aliphatic carbocycles. The fourth-order valence-electron chi connectivity index (χ4n) is 3.55. The number of rotatable bonds is 2. The summed E-state index contributed by atoms with van der Waals surface area (Å²) in [6, 6.07) is 0. The summed E-state index contributed by atoms with van der Waals surface area (Å²) in [5, 5.41) is 0. The van der Waals surface area contributed by atoms with Crippen LogP contribution in [0.15, 0.2) is 23.8 Å². The minimum atomic E-state index is -0.928. The van der Waals surface area contributed by atoms with Gasteiger partial charge in [-0.1, -0.05) is 18.2 Å². The van der Waals surface area contributed by atoms with E-state index in [1.165, 1.54) is 7.11 Å². The first-order valence-corrected chi connectivity index (χ1v) is 8.80. The molecule has 26 heavy (non-hydrogen) atoms. The van der Waals surface area contributed by atoms with Crippen LogP contribution in [0.1, 0.15) is 52.4 Å². The summed E-state index contributed by atoms with van der Waals surface area (Å²) in [6.07, 6.45) is 1.55. The molecule has 0 aromatic heterocycles. The van der Waals surface area contributed by atoms with Crippen LogP contribution >= 0.6 is 0 Å². The van der Waals surface area contributed by atoms with Gasteiger partial charge in [-0.3, -0.25) is 14.4 Å². The molecule has 0 saturated carbocycles. The first-order chi connectivity index (χ1) is 12.1. The zero-order valence-electron chi connectivity index (χ0n) is 15.6. The highest BCUT2D eigenvalue weighted by Crippen LogP contribution is 2.34. The monoisotopic (exact) mass is 362 g/mol. The molecule has 1 fully saturated rings. The number of hydrogen-bond donors (Lipinski definition) is 0. The van der Waals surface area contributed by atoms with Crippen molar-refractivity contribution in [3.8, 4) is 0 Å². The second-order valence-corrected chi connectivity index (χ2v) is 7.54. The molecule has 2 heterocycles. The molecule has 2 aliphatic rings. The van der Waals surface area contributed by atoms with Crippen molar-refractivity contribution < 1.29 is 28.7 Å². The average molecular weight is 362 g/mol. The summed E-state index contributed by atoms with van der Waals surface area (Å²) < 4.78 is 10.6. The number of Topliss-reactive ketones (excluding diaryl/α,β-unsaturated/α-hetero) is 3. The fourth-order valence-corrected chi connectivity index (χ4v) is 3.55. The molecule has 0 aromatic carbocycles. The lowest BCUT2D eigenvalue weighted by molar-refractivity contribution is -0.138. The van der Waals surface area contributed by atoms with E-state index in [0.717, 1.165) is 5.57 Å². The lowest BCUT2D eigenvalue weighted by Crippen LogP contribution is -2.29. The molecule has 0 aromatic rings. The maximum absolute atomic E-state index is 12.5. The van der Waals surface area contributed by atoms with Crippen molar-refractivity contribution in [2.45, 2.75) is 64.1 Å². The van der Waals surface area contributed by atoms with Crippen LogP contribution in [0.5, 0.6) is 0 Å². The van der Waals surface area contributed by atoms with Crippen molar-refractivity contribution in [2.24, 2.45) is 5.92 Å². The van der Waals surface area contributed by atoms with Gasteiger partial charge in [-0.05, 0) is 26.2 Å². The van der Waals surface area contributed by atoms with Gasteiger partial charge in [-0.2, -0.15) is 0 Å². The Labute approximate surface area is 153 Å². The Hall–Kier alpha value is -2.08. The normalized spacial score (nSPS) is 32.7. The maximum atomic E-state index is 12.5. The molecule has 2 aliphatic heterocycles. The molecule has 6 heteroatoms. The molecule has 142 valence electrons. The lowest BCUT2D eigenvalue weighted by Gasteiger charge is -2.23. The number of carbonyl (C=O) groups excluding carboxylic acids is 4. The summed E-state index contributed by atoms with van der Waals surface area (Å²) in [7, 11) is 1.26. The minimum Gasteiger partial charge on any atom is -0.466 e. The van der Waals surface area contributed by atoms with E-state index in [1.807, 2.05) is 6.92 Å². The standard InChI is InChI=1S/C20H26O6/c1-12(2)13-5-6-14(19(24)25-4)8-16(22)10-20(3)11-17(23)18(26-20)9-15(21)7-13/h6,13,18H,1,5,7-11H2,2-4H3/b14-6-/t13-,18+,20+/m0/s1. The average Bonchev–Trinajstić information content (AvgIpc) is 2.81. The molecular weight excluding hydrogens is 336 g/mol. The van der Waals surface area contributed by atoms with E-state index in [9.17, 15) is 19.2 Å². The largest absolute Gasteiger partial charge is 0.466 e. The van der Waals surface area contributed by atoms with Gasteiger partial charge in [-0.15, -0.1) is 0 Å². The van der Waals surface area contributed by atoms with Gasteiger partial charge in [0.15, 0.2) is 5.78 Å². The summed E-state index contributed by atoms with van der Waals surface area (Å²) in [4.78, 5) is 49.1. The van der Waals surface area contributed by atoms with Gasteiger partial charge in [0.2, 0.25) is 0 Å². The van der Waals surface area contributed by atoms with Crippen molar-refractivity contribution in [3.05, 3.63) is 23.8 Å². The molecule has 0 N–H and O–H groups in total. The highest BCUT2D eigenvalue weighted by atomic mass is 16.5. The van der Waals surface area contributed by atoms with Crippen LogP contribution in [0.2, 0.25) is 0 Å². The third-order valence-corrected chi connectivity index (χ3v) is 4.97. The van der Waals surface area contributed by atoms with Crippen LogP contribution < -0.4 is 0 Å². The second-order valence-electron chi connectivity index (χ2n) is 7.54. The van der Waals surface area contributed by atoms with Gasteiger partial charge in [0.05, 0.1) is 12.7 Å². The molecular formula is C20H26O6. The minimum absolute atomic E-state index is 0.0139. The maximum Gasteiger partial charge on any atom is 0.333 e. The molecule has 0 amide bonds. The third-order valence-electron chi connectivity index (χ3n) is 4.97. The van der Waals surface area contributed by atoms with Gasteiger partial charge in [0, 0.05) is 37.7 Å². The number of hydrogen-bond acceptors (Lipinski definition) is 6. The first kappa shape index (κ1) is 20.2. The Bertz CT molecular complexity index is 674. The van der Waals surface area contributed by atoms with Gasteiger partial charge in [0.1, 0.15) is 17.7 Å². The van der Waals surface area contributed by atoms with E-state index >= 15 is 0 Å². The van der Waals surface area contributed by atoms with Crippen molar-refractivity contribution in [2.75, 3.05) is 7.11 Å². The van der Waals surface area contributed by atoms with Crippen LogP contribution in [0.25, 0.3) is 0 Å². The molecule has 2 bridgehead atoms. The SMILES string of the molecule is C=C(C)[C@H]1C/C=C(\C(=O)OC)CC(=O)C[C@]2(C)CC(=O)[C@@H](CC(=O)C1)O2. The number of esters is 1. The van der Waals surface area contributed by atoms with Crippen molar-refractivity contribution in [3.63, 3.8) is 0 Å². The van der Waals surface area contributed by atoms with Gasteiger partial charge in [-0.25, -0.2) is 4.79 Å². The van der Waals surface area contributed by atoms with Crippen LogP contribution in [-0.2, 0) is 28.7 Å². The smallest absolute Gasteiger partial charge is 0.333 e. The third kappa shape index (κ3) is 4.97. The van der Waals surface area contributed by atoms with E-state index in [-0.39, 0.29) is 60.9 Å². The van der Waals surface area contributed by atoms with Crippen LogP contribution in [0.3, 0.4) is 0 Å². The van der Waals surface area contributed by atoms with E-state index in [2.05, 4.69) is 6.58 Å². The number of ketones is 3. The Morgan fingerprint density at radius 3 is 2.54 bits per heavy atom. The van der Waals surface area contributed by atoms with Gasteiger partial charge < -0.3 is 9.47 Å². The highest BCUT2D eigenvalue weighted by molar-refractivity contribution is 5.97. The molecule has 0 spiro atoms. The summed E-state index contributed by atoms with van der Waals surface area (Å²) in [5.74, 6) is -1.16. The zero-order chi connectivity index (χ0) is 19.5. The molecule has 2 rings (SSSR count). The zero-order valence-corrected chi connectivity index (χ0v) is 15.6. The Kier molecular flexibility index (Phi) is 6.29. The second kappa shape index (κ2) is 8.08. The summed E-state index contributed by atoms with van der Waals surface area (Å²) in [6.45, 7) is 7.44. The predicted molar refractivity (Wildman–Crippen MR) is 94.4 cm³/mol. The summed E-state index contributed by atoms with van der Waals surface area (Å²) in [5.41, 5.74) is 0.144. The van der Waals surface area contributed by atoms with Crippen molar-refractivity contribution >= 4 is 23.3 Å². The lowest BCUT2D eigenvalue weighted by atomic mass is 9.87. The Morgan fingerprint density at radius 1 is 1.23 bits per heavy atom. The van der Waals surface area contributed by atoms with E-state index in [1.54, 1.807) is 13.0 Å². The molecule has 0 radical (unpaired) electrons. The van der Waals surface area contributed by atoms with Crippen LogP contribution in [0.4, 0.5) is 0 Å². The van der Waals surface area contributed by atoms with Crippen molar-refractivity contribution in [1.29, 1.82) is 0 Å². The number of methoxy groups -OCH3 is 1. The first-order valence-electron chi connectivity index (χ1n) is 8.80. The van der Waals surface area contributed by atoms with Gasteiger partial charge in [0.25, 0.3) is 0 Å². The van der Waals surface area contributed by atoms with E-state index < -0.39 is 17.7 Å².